The van der Waals surface area contributed by atoms with E-state index in [1.165, 1.54) is 18.2 Å². The molecule has 0 heterocycles. The molecule has 0 aliphatic heterocycles. The molecule has 1 aliphatic carbocycles. The minimum absolute atomic E-state index is 0.183. The van der Waals surface area contributed by atoms with Gasteiger partial charge in [-0.3, -0.25) is 4.79 Å². The fourth-order valence-corrected chi connectivity index (χ4v) is 3.38. The van der Waals surface area contributed by atoms with Crippen molar-refractivity contribution in [1.82, 2.24) is 0 Å². The van der Waals surface area contributed by atoms with Gasteiger partial charge in [-0.05, 0) is 63.6 Å². The standard InChI is InChI=1S/C22H14F2O2/c23-16-6-7-18-14(10-15(11-22(25)26)20(18)12-16)9-13-5-8-21(24)19-4-2-1-3-17(13)19/h1-10,12H,11H2,(H,25,26). The van der Waals surface area contributed by atoms with Crippen LogP contribution in [0.1, 0.15) is 23.1 Å². The van der Waals surface area contributed by atoms with Crippen LogP contribution in [-0.2, 0) is 4.79 Å². The fraction of sp³-hybridized carbons (Fsp3) is 0.0455. The van der Waals surface area contributed by atoms with Gasteiger partial charge in [0, 0.05) is 5.39 Å². The molecule has 1 N–H and O–H groups in total. The molecular formula is C22H14F2O2. The maximum atomic E-state index is 14.0. The monoisotopic (exact) mass is 348 g/mol. The lowest BCUT2D eigenvalue weighted by atomic mass is 9.99. The van der Waals surface area contributed by atoms with Crippen molar-refractivity contribution >= 4 is 34.0 Å². The van der Waals surface area contributed by atoms with Crippen LogP contribution in [0.2, 0.25) is 0 Å². The molecule has 0 saturated heterocycles. The summed E-state index contributed by atoms with van der Waals surface area (Å²) in [6.45, 7) is 0. The molecule has 0 spiro atoms. The van der Waals surface area contributed by atoms with Crippen molar-refractivity contribution in [2.45, 2.75) is 6.42 Å². The van der Waals surface area contributed by atoms with Crippen LogP contribution in [0.3, 0.4) is 0 Å². The van der Waals surface area contributed by atoms with Crippen LogP contribution in [0, 0.1) is 11.6 Å². The molecule has 0 unspecified atom stereocenters. The molecule has 0 atom stereocenters. The molecule has 26 heavy (non-hydrogen) atoms. The average Bonchev–Trinajstić information content (AvgIpc) is 2.94. The van der Waals surface area contributed by atoms with E-state index in [1.54, 1.807) is 30.3 Å². The highest BCUT2D eigenvalue weighted by atomic mass is 19.1. The highest BCUT2D eigenvalue weighted by Gasteiger charge is 2.21. The normalized spacial score (nSPS) is 14.5. The average molecular weight is 348 g/mol. The van der Waals surface area contributed by atoms with E-state index in [-0.39, 0.29) is 12.2 Å². The Hall–Kier alpha value is -3.27. The first kappa shape index (κ1) is 16.2. The van der Waals surface area contributed by atoms with Gasteiger partial charge in [0.15, 0.2) is 0 Å². The van der Waals surface area contributed by atoms with E-state index < -0.39 is 11.8 Å². The number of carboxylic acids is 1. The summed E-state index contributed by atoms with van der Waals surface area (Å²) in [7, 11) is 0. The van der Waals surface area contributed by atoms with Crippen LogP contribution in [-0.4, -0.2) is 11.1 Å². The maximum absolute atomic E-state index is 14.0. The Morgan fingerprint density at radius 1 is 0.962 bits per heavy atom. The molecule has 0 bridgehead atoms. The molecule has 2 nitrogen and oxygen atoms in total. The van der Waals surface area contributed by atoms with Crippen molar-refractivity contribution in [2.75, 3.05) is 0 Å². The second kappa shape index (κ2) is 6.23. The van der Waals surface area contributed by atoms with Crippen molar-refractivity contribution in [3.63, 3.8) is 0 Å². The number of allylic oxidation sites excluding steroid dienone is 2. The molecule has 0 fully saturated rings. The van der Waals surface area contributed by atoms with E-state index in [2.05, 4.69) is 0 Å². The van der Waals surface area contributed by atoms with Crippen molar-refractivity contribution in [1.29, 1.82) is 0 Å². The Labute approximate surface area is 148 Å². The Balaban J connectivity index is 1.90. The number of hydrogen-bond acceptors (Lipinski definition) is 1. The first-order valence-electron chi connectivity index (χ1n) is 8.14. The van der Waals surface area contributed by atoms with E-state index in [9.17, 15) is 13.6 Å². The van der Waals surface area contributed by atoms with Crippen LogP contribution in [0.4, 0.5) is 8.78 Å². The molecule has 0 saturated carbocycles. The molecule has 128 valence electrons. The zero-order chi connectivity index (χ0) is 18.3. The molecule has 0 radical (unpaired) electrons. The number of fused-ring (bicyclic) bond motifs is 2. The van der Waals surface area contributed by atoms with Gasteiger partial charge in [0.1, 0.15) is 11.6 Å². The predicted octanol–water partition coefficient (Wildman–Crippen LogP) is 5.53. The van der Waals surface area contributed by atoms with Crippen LogP contribution in [0.25, 0.3) is 28.0 Å². The van der Waals surface area contributed by atoms with Gasteiger partial charge >= 0.3 is 5.97 Å². The summed E-state index contributed by atoms with van der Waals surface area (Å²) in [4.78, 5) is 11.1. The SMILES string of the molecule is O=C(O)CC1=CC(=Cc2ccc(F)c3ccccc23)c2ccc(F)cc21. The Morgan fingerprint density at radius 2 is 1.73 bits per heavy atom. The molecule has 0 aromatic heterocycles. The molecule has 3 aromatic rings. The van der Waals surface area contributed by atoms with Crippen LogP contribution < -0.4 is 0 Å². The Morgan fingerprint density at radius 3 is 2.50 bits per heavy atom. The Kier molecular flexibility index (Phi) is 3.88. The summed E-state index contributed by atoms with van der Waals surface area (Å²) in [5.74, 6) is -1.67. The third-order valence-electron chi connectivity index (χ3n) is 4.53. The lowest BCUT2D eigenvalue weighted by molar-refractivity contribution is -0.135. The smallest absolute Gasteiger partial charge is 0.307 e. The van der Waals surface area contributed by atoms with E-state index in [0.717, 1.165) is 22.1 Å². The topological polar surface area (TPSA) is 37.3 Å². The highest BCUT2D eigenvalue weighted by Crippen LogP contribution is 2.39. The summed E-state index contributed by atoms with van der Waals surface area (Å²) in [6.07, 6.45) is 3.46. The third kappa shape index (κ3) is 2.80. The zero-order valence-electron chi connectivity index (χ0n) is 13.7. The number of carboxylic acid groups (broad SMARTS) is 1. The van der Waals surface area contributed by atoms with Gasteiger partial charge < -0.3 is 5.11 Å². The van der Waals surface area contributed by atoms with Gasteiger partial charge in [0.05, 0.1) is 6.42 Å². The van der Waals surface area contributed by atoms with Gasteiger partial charge in [0.25, 0.3) is 0 Å². The number of benzene rings is 3. The molecule has 0 amide bonds. The molecule has 4 heteroatoms. The fourth-order valence-electron chi connectivity index (χ4n) is 3.38. The minimum atomic E-state index is -0.972. The Bertz CT molecular complexity index is 1110. The third-order valence-corrected chi connectivity index (χ3v) is 4.53. The zero-order valence-corrected chi connectivity index (χ0v) is 13.7. The number of halogens is 2. The number of rotatable bonds is 3. The van der Waals surface area contributed by atoms with Crippen molar-refractivity contribution in [3.8, 4) is 0 Å². The summed E-state index contributed by atoms with van der Waals surface area (Å²) in [6, 6.07) is 14.6. The minimum Gasteiger partial charge on any atom is -0.481 e. The van der Waals surface area contributed by atoms with Crippen molar-refractivity contribution < 1.29 is 18.7 Å². The first-order chi connectivity index (χ1) is 12.5. The maximum Gasteiger partial charge on any atom is 0.307 e. The molecular weight excluding hydrogens is 334 g/mol. The van der Waals surface area contributed by atoms with Crippen molar-refractivity contribution in [3.05, 3.63) is 89.0 Å². The second-order valence-corrected chi connectivity index (χ2v) is 6.21. The van der Waals surface area contributed by atoms with E-state index in [0.29, 0.717) is 16.5 Å². The highest BCUT2D eigenvalue weighted by molar-refractivity contribution is 6.06. The summed E-state index contributed by atoms with van der Waals surface area (Å²) >= 11 is 0. The number of hydrogen-bond donors (Lipinski definition) is 1. The van der Waals surface area contributed by atoms with Gasteiger partial charge in [0.2, 0.25) is 0 Å². The van der Waals surface area contributed by atoms with Gasteiger partial charge in [-0.1, -0.05) is 36.4 Å². The quantitative estimate of drug-likeness (QED) is 0.676. The molecule has 3 aromatic carbocycles. The summed E-state index contributed by atoms with van der Waals surface area (Å²) < 4.78 is 27.7. The summed E-state index contributed by atoms with van der Waals surface area (Å²) in [5, 5.41) is 10.4. The lowest BCUT2D eigenvalue weighted by Crippen LogP contribution is -1.96. The van der Waals surface area contributed by atoms with Crippen LogP contribution in [0.5, 0.6) is 0 Å². The molecule has 1 aliphatic rings. The molecule has 4 rings (SSSR count). The van der Waals surface area contributed by atoms with Gasteiger partial charge in [-0.25, -0.2) is 8.78 Å². The van der Waals surface area contributed by atoms with Crippen LogP contribution in [0.15, 0.2) is 60.7 Å². The number of aliphatic carboxylic acids is 1. The van der Waals surface area contributed by atoms with Gasteiger partial charge in [-0.2, -0.15) is 0 Å². The van der Waals surface area contributed by atoms with E-state index in [1.807, 2.05) is 18.2 Å². The van der Waals surface area contributed by atoms with E-state index >= 15 is 0 Å². The van der Waals surface area contributed by atoms with Crippen molar-refractivity contribution in [2.24, 2.45) is 0 Å². The van der Waals surface area contributed by atoms with E-state index in [4.69, 9.17) is 5.11 Å². The predicted molar refractivity (Wildman–Crippen MR) is 98.4 cm³/mol. The number of carbonyl (C=O) groups is 1. The second-order valence-electron chi connectivity index (χ2n) is 6.21. The van der Waals surface area contributed by atoms with Gasteiger partial charge in [-0.15, -0.1) is 0 Å². The van der Waals surface area contributed by atoms with Crippen LogP contribution >= 0.6 is 0 Å². The summed E-state index contributed by atoms with van der Waals surface area (Å²) in [5.41, 5.74) is 3.53. The largest absolute Gasteiger partial charge is 0.481 e. The first-order valence-corrected chi connectivity index (χ1v) is 8.14. The lowest BCUT2D eigenvalue weighted by Gasteiger charge is -2.06.